The number of alkyl halides is 3. The van der Waals surface area contributed by atoms with Gasteiger partial charge in [-0.1, -0.05) is 19.1 Å². The molecule has 0 saturated carbocycles. The summed E-state index contributed by atoms with van der Waals surface area (Å²) in [5.74, 6) is 0. The topological polar surface area (TPSA) is 20.2 Å². The summed E-state index contributed by atoms with van der Waals surface area (Å²) >= 11 is 4.56. The van der Waals surface area contributed by atoms with Gasteiger partial charge in [-0.2, -0.15) is 8.78 Å². The molecule has 0 aromatic carbocycles. The van der Waals surface area contributed by atoms with Gasteiger partial charge in [-0.15, -0.1) is 0 Å². The molecule has 0 aliphatic carbocycles. The highest BCUT2D eigenvalue weighted by Gasteiger charge is 2.35. The summed E-state index contributed by atoms with van der Waals surface area (Å²) in [6.07, 6.45) is -1.39. The third kappa shape index (κ3) is 4.32. The Labute approximate surface area is 69.7 Å². The van der Waals surface area contributed by atoms with Gasteiger partial charge in [-0.25, -0.2) is 0 Å². The summed E-state index contributed by atoms with van der Waals surface area (Å²) in [6, 6.07) is 0. The zero-order chi connectivity index (χ0) is 9.07. The van der Waals surface area contributed by atoms with E-state index in [-0.39, 0.29) is 6.42 Å². The van der Waals surface area contributed by atoms with Gasteiger partial charge in [-0.3, -0.25) is 0 Å². The van der Waals surface area contributed by atoms with E-state index in [9.17, 15) is 8.78 Å². The molecule has 0 rings (SSSR count). The van der Waals surface area contributed by atoms with Crippen LogP contribution >= 0.6 is 11.6 Å². The van der Waals surface area contributed by atoms with Crippen LogP contribution < -0.4 is 0 Å². The highest BCUT2D eigenvalue weighted by atomic mass is 35.5. The predicted molar refractivity (Wildman–Crippen MR) is 40.9 cm³/mol. The van der Waals surface area contributed by atoms with Gasteiger partial charge < -0.3 is 5.11 Å². The van der Waals surface area contributed by atoms with Crippen LogP contribution in [0.5, 0.6) is 0 Å². The molecule has 0 heterocycles. The summed E-state index contributed by atoms with van der Waals surface area (Å²) < 4.78 is 24.2. The number of hydrogen-bond acceptors (Lipinski definition) is 1. The predicted octanol–water partition coefficient (Wildman–Crippen LogP) is 2.54. The molecule has 1 unspecified atom stereocenters. The van der Waals surface area contributed by atoms with E-state index in [0.717, 1.165) is 0 Å². The molecule has 4 heteroatoms. The van der Waals surface area contributed by atoms with Crippen LogP contribution in [0.25, 0.3) is 0 Å². The van der Waals surface area contributed by atoms with Gasteiger partial charge in [-0.05, 0) is 18.0 Å². The maximum atomic E-state index is 12.1. The molecule has 1 atom stereocenters. The van der Waals surface area contributed by atoms with Crippen molar-refractivity contribution in [3.8, 4) is 0 Å². The third-order valence-electron chi connectivity index (χ3n) is 1.36. The van der Waals surface area contributed by atoms with Crippen molar-refractivity contribution in [2.24, 2.45) is 0 Å². The molecule has 1 nitrogen and oxygen atoms in total. The Kier molecular flexibility index (Phi) is 3.97. The molecule has 0 saturated heterocycles. The van der Waals surface area contributed by atoms with Gasteiger partial charge in [0.25, 0.3) is 0 Å². The minimum Gasteiger partial charge on any atom is -0.385 e. The van der Waals surface area contributed by atoms with Crippen LogP contribution in [0, 0.1) is 0 Å². The molecule has 0 aromatic rings. The van der Waals surface area contributed by atoms with Crippen molar-refractivity contribution in [3.05, 3.63) is 12.2 Å². The normalized spacial score (nSPS) is 14.6. The Morgan fingerprint density at radius 1 is 1.73 bits per heavy atom. The molecule has 0 aliphatic heterocycles. The molecule has 0 amide bonds. The number of halogens is 3. The second-order valence-corrected chi connectivity index (χ2v) is 2.87. The highest BCUT2D eigenvalue weighted by Crippen LogP contribution is 2.27. The Morgan fingerprint density at radius 2 is 2.18 bits per heavy atom. The van der Waals surface area contributed by atoms with Gasteiger partial charge in [0.1, 0.15) is 6.10 Å². The van der Waals surface area contributed by atoms with Crippen LogP contribution in [0.1, 0.15) is 19.8 Å². The quantitative estimate of drug-likeness (QED) is 0.526. The van der Waals surface area contributed by atoms with Gasteiger partial charge in [0.2, 0.25) is 0 Å². The smallest absolute Gasteiger partial charge is 0.347 e. The first kappa shape index (κ1) is 10.8. The van der Waals surface area contributed by atoms with Crippen LogP contribution in [0.2, 0.25) is 0 Å². The number of hydrogen-bond donors (Lipinski definition) is 1. The third-order valence-corrected chi connectivity index (χ3v) is 1.61. The van der Waals surface area contributed by atoms with Crippen LogP contribution in [0.4, 0.5) is 8.78 Å². The minimum absolute atomic E-state index is 0.146. The van der Waals surface area contributed by atoms with E-state index in [2.05, 4.69) is 18.2 Å². The van der Waals surface area contributed by atoms with Crippen molar-refractivity contribution in [1.82, 2.24) is 0 Å². The van der Waals surface area contributed by atoms with Crippen molar-refractivity contribution in [2.75, 3.05) is 0 Å². The number of aliphatic hydroxyl groups is 1. The number of aliphatic hydroxyl groups excluding tert-OH is 1. The van der Waals surface area contributed by atoms with E-state index in [1.165, 1.54) is 0 Å². The molecule has 0 aromatic heterocycles. The molecular formula is C7H11ClF2O. The highest BCUT2D eigenvalue weighted by molar-refractivity contribution is 6.22. The first-order valence-corrected chi connectivity index (χ1v) is 3.67. The first-order chi connectivity index (χ1) is 4.88. The Bertz CT molecular complexity index is 142. The SMILES string of the molecule is C=C(CC)CC(O)C(F)(F)Cl. The fourth-order valence-corrected chi connectivity index (χ4v) is 0.611. The number of rotatable bonds is 4. The molecule has 66 valence electrons. The lowest BCUT2D eigenvalue weighted by atomic mass is 10.1. The van der Waals surface area contributed by atoms with Crippen LogP contribution in [-0.4, -0.2) is 16.6 Å². The van der Waals surface area contributed by atoms with E-state index >= 15 is 0 Å². The molecule has 0 fully saturated rings. The zero-order valence-corrected chi connectivity index (χ0v) is 7.04. The Hall–Kier alpha value is -0.150. The van der Waals surface area contributed by atoms with Crippen molar-refractivity contribution < 1.29 is 13.9 Å². The van der Waals surface area contributed by atoms with Crippen molar-refractivity contribution >= 4 is 11.6 Å². The van der Waals surface area contributed by atoms with Crippen molar-refractivity contribution in [2.45, 2.75) is 31.3 Å². The molecule has 11 heavy (non-hydrogen) atoms. The molecule has 0 spiro atoms. The fourth-order valence-electron chi connectivity index (χ4n) is 0.534. The van der Waals surface area contributed by atoms with Crippen LogP contribution in [-0.2, 0) is 0 Å². The lowest BCUT2D eigenvalue weighted by Crippen LogP contribution is -2.27. The first-order valence-electron chi connectivity index (χ1n) is 3.29. The zero-order valence-electron chi connectivity index (χ0n) is 6.28. The lowest BCUT2D eigenvalue weighted by Gasteiger charge is -2.16. The van der Waals surface area contributed by atoms with E-state index in [1.807, 2.05) is 0 Å². The maximum absolute atomic E-state index is 12.1. The Morgan fingerprint density at radius 3 is 2.45 bits per heavy atom. The summed E-state index contributed by atoms with van der Waals surface area (Å²) in [5.41, 5.74) is 0.567. The molecule has 0 radical (unpaired) electrons. The van der Waals surface area contributed by atoms with E-state index in [4.69, 9.17) is 5.11 Å². The average molecular weight is 185 g/mol. The van der Waals surface area contributed by atoms with Gasteiger partial charge in [0.05, 0.1) is 0 Å². The monoisotopic (exact) mass is 184 g/mol. The van der Waals surface area contributed by atoms with Gasteiger partial charge in [0.15, 0.2) is 0 Å². The van der Waals surface area contributed by atoms with Crippen LogP contribution in [0.3, 0.4) is 0 Å². The molecule has 0 bridgehead atoms. The second kappa shape index (κ2) is 4.02. The van der Waals surface area contributed by atoms with Crippen LogP contribution in [0.15, 0.2) is 12.2 Å². The Balaban J connectivity index is 3.87. The van der Waals surface area contributed by atoms with E-state index in [1.54, 1.807) is 6.92 Å². The van der Waals surface area contributed by atoms with Gasteiger partial charge >= 0.3 is 5.38 Å². The molecule has 0 aliphatic rings. The molecule has 1 N–H and O–H groups in total. The van der Waals surface area contributed by atoms with E-state index < -0.39 is 11.5 Å². The largest absolute Gasteiger partial charge is 0.385 e. The van der Waals surface area contributed by atoms with E-state index in [0.29, 0.717) is 12.0 Å². The minimum atomic E-state index is -3.54. The second-order valence-electron chi connectivity index (χ2n) is 2.37. The van der Waals surface area contributed by atoms with Crippen molar-refractivity contribution in [1.29, 1.82) is 0 Å². The summed E-state index contributed by atoms with van der Waals surface area (Å²) in [5, 5.41) is 5.20. The maximum Gasteiger partial charge on any atom is 0.347 e. The fraction of sp³-hybridized carbons (Fsp3) is 0.714. The standard InChI is InChI=1S/C7H11ClF2O/c1-3-5(2)4-6(11)7(8,9)10/h6,11H,2-4H2,1H3. The lowest BCUT2D eigenvalue weighted by molar-refractivity contribution is -0.0399. The van der Waals surface area contributed by atoms with Gasteiger partial charge in [0, 0.05) is 6.42 Å². The molecular weight excluding hydrogens is 174 g/mol. The summed E-state index contributed by atoms with van der Waals surface area (Å²) in [7, 11) is 0. The summed E-state index contributed by atoms with van der Waals surface area (Å²) in [4.78, 5) is 0. The average Bonchev–Trinajstić information content (AvgIpc) is 1.85. The van der Waals surface area contributed by atoms with Crippen molar-refractivity contribution in [3.63, 3.8) is 0 Å². The summed E-state index contributed by atoms with van der Waals surface area (Å²) in [6.45, 7) is 5.25.